The zero-order chi connectivity index (χ0) is 28.0. The van der Waals surface area contributed by atoms with Crippen molar-refractivity contribution in [3.8, 4) is 0 Å². The van der Waals surface area contributed by atoms with Gasteiger partial charge < -0.3 is 41.5 Å². The number of carbonyl (C=O) groups is 2. The van der Waals surface area contributed by atoms with Gasteiger partial charge in [-0.3, -0.25) is 14.6 Å². The molecule has 2 amide bonds. The summed E-state index contributed by atoms with van der Waals surface area (Å²) in [6.45, 7) is 1.22. The molecule has 39 heavy (non-hydrogen) atoms. The number of hydrogen-bond donors (Lipinski definition) is 6. The molecule has 208 valence electrons. The minimum atomic E-state index is -0.196. The molecule has 0 bridgehead atoms. The summed E-state index contributed by atoms with van der Waals surface area (Å²) in [4.78, 5) is 38.5. The smallest absolute Gasteiger partial charge is 0.267 e. The van der Waals surface area contributed by atoms with Gasteiger partial charge in [-0.1, -0.05) is 0 Å². The Hall–Kier alpha value is -2.78. The number of carbonyl (C=O) groups excluding carboxylic acids is 2. The summed E-state index contributed by atoms with van der Waals surface area (Å²) in [5.41, 5.74) is 14.9. The number of rotatable bonds is 7. The van der Waals surface area contributed by atoms with Crippen LogP contribution in [0.15, 0.2) is 36.9 Å². The average molecular weight is 729 g/mol. The molecule has 3 aromatic rings. The van der Waals surface area contributed by atoms with E-state index < -0.39 is 0 Å². The molecule has 0 aromatic carbocycles. The SMILES string of the molecule is Cn1cc(Br)cc1C(=O)NC[C@@H]1[C@@H](CNC(=O)c2cc(Br)c(Br)n2C)Cc2[nH]c(N)nc2[C@H]1C1CN=C(N)N1. The highest BCUT2D eigenvalue weighted by Crippen LogP contribution is 2.41. The van der Waals surface area contributed by atoms with Crippen LogP contribution in [-0.4, -0.2) is 62.6 Å². The number of imidazole rings is 1. The summed E-state index contributed by atoms with van der Waals surface area (Å²) in [5.74, 6) is 0.0198. The fourth-order valence-electron chi connectivity index (χ4n) is 5.60. The van der Waals surface area contributed by atoms with Gasteiger partial charge in [0.05, 0.1) is 27.4 Å². The normalized spacial score (nSPS) is 22.2. The lowest BCUT2D eigenvalue weighted by Gasteiger charge is -2.40. The number of aliphatic imine (C=N–C) groups is 1. The van der Waals surface area contributed by atoms with E-state index in [9.17, 15) is 9.59 Å². The van der Waals surface area contributed by atoms with Crippen molar-refractivity contribution < 1.29 is 9.59 Å². The van der Waals surface area contributed by atoms with E-state index in [1.807, 2.05) is 20.3 Å². The lowest BCUT2D eigenvalue weighted by molar-refractivity contribution is 0.0894. The van der Waals surface area contributed by atoms with Crippen LogP contribution in [-0.2, 0) is 20.5 Å². The quantitative estimate of drug-likeness (QED) is 0.217. The van der Waals surface area contributed by atoms with Crippen molar-refractivity contribution in [2.75, 3.05) is 25.4 Å². The summed E-state index contributed by atoms with van der Waals surface area (Å²) < 4.78 is 5.94. The van der Waals surface area contributed by atoms with Gasteiger partial charge in [-0.05, 0) is 78.2 Å². The molecule has 0 radical (unpaired) electrons. The maximum Gasteiger partial charge on any atom is 0.267 e. The molecule has 4 heterocycles. The van der Waals surface area contributed by atoms with Crippen molar-refractivity contribution in [3.05, 3.63) is 54.7 Å². The molecule has 2 aliphatic rings. The maximum atomic E-state index is 13.2. The molecule has 1 aliphatic heterocycles. The molecule has 1 aliphatic carbocycles. The largest absolute Gasteiger partial charge is 0.370 e. The van der Waals surface area contributed by atoms with Gasteiger partial charge in [-0.15, -0.1) is 0 Å². The second-order valence-corrected chi connectivity index (χ2v) is 12.4. The van der Waals surface area contributed by atoms with Crippen molar-refractivity contribution in [1.29, 1.82) is 0 Å². The first-order chi connectivity index (χ1) is 18.5. The Morgan fingerprint density at radius 3 is 2.44 bits per heavy atom. The standard InChI is InChI=1S/C24H29Br3N10O2/c1-36-9-11(25)4-16(36)21(38)31-7-12-10(6-30-22(39)17-5-13(26)20(27)37(17)2)3-14-19(35-24(29)33-14)18(12)15-8-32-23(28)34-15/h4-5,9-10,12,15,18H,3,6-8H2,1-2H3,(H,30,39)(H,31,38)(H3,28,32,34)(H3,29,33,35)/t10-,12-,15?,18-/m1/s1. The number of fused-ring (bicyclic) bond motifs is 1. The Labute approximate surface area is 250 Å². The molecule has 0 spiro atoms. The number of aromatic nitrogens is 4. The van der Waals surface area contributed by atoms with Crippen LogP contribution in [0.2, 0.25) is 0 Å². The van der Waals surface area contributed by atoms with Crippen LogP contribution >= 0.6 is 47.8 Å². The monoisotopic (exact) mass is 726 g/mol. The topological polar surface area (TPSA) is 173 Å². The van der Waals surface area contributed by atoms with Crippen molar-refractivity contribution >= 4 is 71.5 Å². The van der Waals surface area contributed by atoms with E-state index in [2.05, 4.69) is 78.7 Å². The lowest BCUT2D eigenvalue weighted by atomic mass is 9.69. The second kappa shape index (κ2) is 11.0. The van der Waals surface area contributed by atoms with E-state index >= 15 is 0 Å². The molecule has 12 nitrogen and oxygen atoms in total. The molecule has 4 atom stereocenters. The van der Waals surface area contributed by atoms with Gasteiger partial charge in [0, 0.05) is 49.5 Å². The third-order valence-corrected chi connectivity index (χ3v) is 10.0. The van der Waals surface area contributed by atoms with Crippen LogP contribution in [0, 0.1) is 11.8 Å². The van der Waals surface area contributed by atoms with Crippen LogP contribution in [0.3, 0.4) is 0 Å². The minimum absolute atomic E-state index is 0.0393. The molecule has 0 fully saturated rings. The lowest BCUT2D eigenvalue weighted by Crippen LogP contribution is -2.50. The number of anilines is 1. The number of nitrogen functional groups attached to an aromatic ring is 1. The summed E-state index contributed by atoms with van der Waals surface area (Å²) in [6, 6.07) is 3.42. The number of aryl methyl sites for hydroxylation is 1. The van der Waals surface area contributed by atoms with Gasteiger partial charge in [0.25, 0.3) is 11.8 Å². The first-order valence-electron chi connectivity index (χ1n) is 12.3. The molecular formula is C24H29Br3N10O2. The van der Waals surface area contributed by atoms with Gasteiger partial charge >= 0.3 is 0 Å². The van der Waals surface area contributed by atoms with Gasteiger partial charge in [-0.25, -0.2) is 4.98 Å². The van der Waals surface area contributed by atoms with E-state index in [1.54, 1.807) is 21.3 Å². The number of nitrogens with zero attached hydrogens (tertiary/aromatic N) is 4. The van der Waals surface area contributed by atoms with Crippen LogP contribution in [0.4, 0.5) is 5.95 Å². The Morgan fingerprint density at radius 2 is 1.82 bits per heavy atom. The summed E-state index contributed by atoms with van der Waals surface area (Å²) in [7, 11) is 3.64. The van der Waals surface area contributed by atoms with Gasteiger partial charge in [-0.2, -0.15) is 0 Å². The Bertz CT molecular complexity index is 1460. The van der Waals surface area contributed by atoms with Crippen LogP contribution in [0.25, 0.3) is 0 Å². The predicted molar refractivity (Wildman–Crippen MR) is 158 cm³/mol. The Kier molecular flexibility index (Phi) is 7.84. The van der Waals surface area contributed by atoms with Crippen molar-refractivity contribution in [3.63, 3.8) is 0 Å². The summed E-state index contributed by atoms with van der Waals surface area (Å²) in [5, 5.41) is 9.50. The molecule has 0 saturated carbocycles. The number of nitrogens with two attached hydrogens (primary N) is 2. The maximum absolute atomic E-state index is 13.2. The zero-order valence-electron chi connectivity index (χ0n) is 21.3. The van der Waals surface area contributed by atoms with E-state index in [0.717, 1.165) is 24.9 Å². The highest BCUT2D eigenvalue weighted by Gasteiger charge is 2.44. The van der Waals surface area contributed by atoms with Crippen molar-refractivity contribution in [2.24, 2.45) is 36.7 Å². The number of amides is 2. The van der Waals surface area contributed by atoms with Crippen molar-refractivity contribution in [2.45, 2.75) is 18.4 Å². The van der Waals surface area contributed by atoms with E-state index in [-0.39, 0.29) is 35.6 Å². The second-order valence-electron chi connectivity index (χ2n) is 9.92. The third-order valence-electron chi connectivity index (χ3n) is 7.48. The van der Waals surface area contributed by atoms with Gasteiger partial charge in [0.15, 0.2) is 11.9 Å². The number of nitrogens with one attached hydrogen (secondary N) is 4. The van der Waals surface area contributed by atoms with Crippen molar-refractivity contribution in [1.82, 2.24) is 35.1 Å². The number of halogens is 3. The average Bonchev–Trinajstić information content (AvgIpc) is 3.63. The Morgan fingerprint density at radius 1 is 1.10 bits per heavy atom. The first-order valence-corrected chi connectivity index (χ1v) is 14.7. The minimum Gasteiger partial charge on any atom is -0.370 e. The molecule has 15 heteroatoms. The number of aromatic amines is 1. The third kappa shape index (κ3) is 5.48. The van der Waals surface area contributed by atoms with E-state index in [1.165, 1.54) is 0 Å². The molecule has 5 rings (SSSR count). The highest BCUT2D eigenvalue weighted by atomic mass is 79.9. The fraction of sp³-hybridized carbons (Fsp3) is 0.417. The van der Waals surface area contributed by atoms with Crippen LogP contribution in [0.5, 0.6) is 0 Å². The molecular weight excluding hydrogens is 700 g/mol. The molecule has 3 aromatic heterocycles. The Balaban J connectivity index is 1.42. The summed E-state index contributed by atoms with van der Waals surface area (Å²) in [6.07, 6.45) is 2.44. The summed E-state index contributed by atoms with van der Waals surface area (Å²) >= 11 is 10.4. The highest BCUT2D eigenvalue weighted by molar-refractivity contribution is 9.13. The van der Waals surface area contributed by atoms with E-state index in [0.29, 0.717) is 49.4 Å². The first kappa shape index (κ1) is 27.8. The van der Waals surface area contributed by atoms with Crippen LogP contribution < -0.4 is 27.4 Å². The molecule has 0 saturated heterocycles. The zero-order valence-corrected chi connectivity index (χ0v) is 26.0. The number of guanidine groups is 1. The fourth-order valence-corrected chi connectivity index (χ4v) is 6.91. The van der Waals surface area contributed by atoms with E-state index in [4.69, 9.17) is 11.5 Å². The molecule has 8 N–H and O–H groups in total. The van der Waals surface area contributed by atoms with Gasteiger partial charge in [0.2, 0.25) is 0 Å². The number of H-pyrrole nitrogens is 1. The molecule has 1 unspecified atom stereocenters. The van der Waals surface area contributed by atoms with Gasteiger partial charge in [0.1, 0.15) is 11.4 Å². The predicted octanol–water partition coefficient (Wildman–Crippen LogP) is 1.98. The van der Waals surface area contributed by atoms with Crippen LogP contribution in [0.1, 0.15) is 38.3 Å². The number of hydrogen-bond acceptors (Lipinski definition) is 7.